The van der Waals surface area contributed by atoms with E-state index < -0.39 is 0 Å². The van der Waals surface area contributed by atoms with Crippen molar-refractivity contribution in [2.75, 3.05) is 30.4 Å². The van der Waals surface area contributed by atoms with E-state index in [0.717, 1.165) is 18.7 Å². The summed E-state index contributed by atoms with van der Waals surface area (Å²) in [6.45, 7) is 2.05. The van der Waals surface area contributed by atoms with E-state index in [1.807, 2.05) is 24.1 Å². The first-order valence-electron chi connectivity index (χ1n) is 5.82. The smallest absolute Gasteiger partial charge is 0.0606 e. The molecule has 17 heavy (non-hydrogen) atoms. The van der Waals surface area contributed by atoms with Crippen LogP contribution in [-0.2, 0) is 7.05 Å². The number of rotatable bonds is 1. The lowest BCUT2D eigenvalue weighted by Crippen LogP contribution is -2.30. The van der Waals surface area contributed by atoms with Gasteiger partial charge < -0.3 is 10.2 Å². The highest BCUT2D eigenvalue weighted by molar-refractivity contribution is 5.78. The predicted octanol–water partition coefficient (Wildman–Crippen LogP) is 1.95. The van der Waals surface area contributed by atoms with Crippen LogP contribution in [0, 0.1) is 0 Å². The molecule has 0 spiro atoms. The molecule has 2 heterocycles. The lowest BCUT2D eigenvalue weighted by molar-refractivity contribution is 0.768. The Morgan fingerprint density at radius 3 is 2.88 bits per heavy atom. The molecule has 1 aromatic carbocycles. The first-order chi connectivity index (χ1) is 8.24. The molecule has 2 aromatic rings. The number of fused-ring (bicyclic) bond motifs is 1. The Hall–Kier alpha value is -1.97. The average Bonchev–Trinajstić information content (AvgIpc) is 2.76. The molecule has 1 aromatic heterocycles. The number of nitrogens with one attached hydrogen (secondary N) is 1. The van der Waals surface area contributed by atoms with Crippen molar-refractivity contribution in [3.63, 3.8) is 0 Å². The first-order valence-corrected chi connectivity index (χ1v) is 5.82. The zero-order chi connectivity index (χ0) is 11.8. The second-order valence-electron chi connectivity index (χ2n) is 4.48. The van der Waals surface area contributed by atoms with Crippen molar-refractivity contribution in [2.24, 2.45) is 7.05 Å². The summed E-state index contributed by atoms with van der Waals surface area (Å²) in [4.78, 5) is 2.28. The Labute approximate surface area is 101 Å². The second-order valence-corrected chi connectivity index (χ2v) is 4.48. The number of benzene rings is 1. The van der Waals surface area contributed by atoms with Crippen LogP contribution in [0.1, 0.15) is 0 Å². The third-order valence-electron chi connectivity index (χ3n) is 3.21. The van der Waals surface area contributed by atoms with Gasteiger partial charge >= 0.3 is 0 Å². The predicted molar refractivity (Wildman–Crippen MR) is 70.4 cm³/mol. The van der Waals surface area contributed by atoms with Gasteiger partial charge in [0.25, 0.3) is 0 Å². The van der Waals surface area contributed by atoms with Crippen LogP contribution >= 0.6 is 0 Å². The molecule has 4 heteroatoms. The van der Waals surface area contributed by atoms with Crippen molar-refractivity contribution in [1.82, 2.24) is 9.78 Å². The molecule has 0 aliphatic carbocycles. The largest absolute Gasteiger partial charge is 0.382 e. The molecular weight excluding hydrogens is 212 g/mol. The third-order valence-corrected chi connectivity index (χ3v) is 3.21. The van der Waals surface area contributed by atoms with Gasteiger partial charge in [0.1, 0.15) is 0 Å². The molecule has 0 amide bonds. The quantitative estimate of drug-likeness (QED) is 0.810. The number of hydrogen-bond acceptors (Lipinski definition) is 3. The Morgan fingerprint density at radius 2 is 2.12 bits per heavy atom. The molecule has 0 saturated carbocycles. The van der Waals surface area contributed by atoms with Crippen LogP contribution in [-0.4, -0.2) is 29.9 Å². The van der Waals surface area contributed by atoms with Crippen LogP contribution in [0.3, 0.4) is 0 Å². The minimum absolute atomic E-state index is 1.01. The number of nitrogens with zero attached hydrogens (tertiary/aromatic N) is 3. The van der Waals surface area contributed by atoms with E-state index in [0.29, 0.717) is 0 Å². The maximum absolute atomic E-state index is 4.21. The highest BCUT2D eigenvalue weighted by Crippen LogP contribution is 2.32. The molecule has 0 unspecified atom stereocenters. The van der Waals surface area contributed by atoms with E-state index in [4.69, 9.17) is 0 Å². The summed E-state index contributed by atoms with van der Waals surface area (Å²) in [6.07, 6.45) is 3.94. The van der Waals surface area contributed by atoms with E-state index in [2.05, 4.69) is 40.6 Å². The normalized spacial score (nSPS) is 14.4. The topological polar surface area (TPSA) is 33.1 Å². The maximum Gasteiger partial charge on any atom is 0.0606 e. The minimum Gasteiger partial charge on any atom is -0.382 e. The van der Waals surface area contributed by atoms with Crippen molar-refractivity contribution in [3.05, 3.63) is 30.6 Å². The van der Waals surface area contributed by atoms with Crippen molar-refractivity contribution in [1.29, 1.82) is 0 Å². The lowest BCUT2D eigenvalue weighted by Gasteiger charge is -2.28. The van der Waals surface area contributed by atoms with Crippen molar-refractivity contribution >= 4 is 11.4 Å². The lowest BCUT2D eigenvalue weighted by atomic mass is 10.1. The SMILES string of the molecule is CN1CCNc2ccc(-c3cnn(C)c3)cc21. The molecule has 3 rings (SSSR count). The van der Waals surface area contributed by atoms with E-state index in [-0.39, 0.29) is 0 Å². The van der Waals surface area contributed by atoms with Crippen LogP contribution in [0.4, 0.5) is 11.4 Å². The Balaban J connectivity index is 2.05. The number of hydrogen-bond donors (Lipinski definition) is 1. The van der Waals surface area contributed by atoms with E-state index in [1.54, 1.807) is 0 Å². The monoisotopic (exact) mass is 228 g/mol. The highest BCUT2D eigenvalue weighted by atomic mass is 15.2. The molecule has 1 aliphatic rings. The zero-order valence-electron chi connectivity index (χ0n) is 10.1. The second kappa shape index (κ2) is 3.80. The van der Waals surface area contributed by atoms with Gasteiger partial charge in [0.15, 0.2) is 0 Å². The van der Waals surface area contributed by atoms with Gasteiger partial charge in [-0.1, -0.05) is 6.07 Å². The number of likely N-dealkylation sites (N-methyl/N-ethyl adjacent to an activating group) is 1. The molecule has 0 radical (unpaired) electrons. The summed E-state index contributed by atoms with van der Waals surface area (Å²) >= 11 is 0. The van der Waals surface area contributed by atoms with Crippen LogP contribution in [0.2, 0.25) is 0 Å². The summed E-state index contributed by atoms with van der Waals surface area (Å²) in [5.41, 5.74) is 4.85. The molecule has 1 aliphatic heterocycles. The third kappa shape index (κ3) is 1.75. The van der Waals surface area contributed by atoms with Gasteiger partial charge in [0, 0.05) is 38.9 Å². The summed E-state index contributed by atoms with van der Waals surface area (Å²) in [6, 6.07) is 6.51. The average molecular weight is 228 g/mol. The molecule has 88 valence electrons. The fourth-order valence-corrected chi connectivity index (χ4v) is 2.23. The number of anilines is 2. The Morgan fingerprint density at radius 1 is 1.24 bits per heavy atom. The summed E-state index contributed by atoms with van der Waals surface area (Å²) in [7, 11) is 4.07. The molecule has 0 bridgehead atoms. The van der Waals surface area contributed by atoms with Gasteiger partial charge in [-0.2, -0.15) is 5.10 Å². The van der Waals surface area contributed by atoms with E-state index in [9.17, 15) is 0 Å². The van der Waals surface area contributed by atoms with Crippen LogP contribution in [0.15, 0.2) is 30.6 Å². The van der Waals surface area contributed by atoms with Gasteiger partial charge in [-0.25, -0.2) is 0 Å². The van der Waals surface area contributed by atoms with Crippen molar-refractivity contribution < 1.29 is 0 Å². The van der Waals surface area contributed by atoms with Crippen molar-refractivity contribution in [2.45, 2.75) is 0 Å². The van der Waals surface area contributed by atoms with Crippen LogP contribution in [0.5, 0.6) is 0 Å². The standard InChI is InChI=1S/C13H16N4/c1-16-6-5-14-12-4-3-10(7-13(12)16)11-8-15-17(2)9-11/h3-4,7-9,14H,5-6H2,1-2H3. The Bertz CT molecular complexity index is 544. The van der Waals surface area contributed by atoms with Gasteiger partial charge in [-0.3, -0.25) is 4.68 Å². The minimum atomic E-state index is 1.01. The molecule has 1 N–H and O–H groups in total. The van der Waals surface area contributed by atoms with E-state index >= 15 is 0 Å². The first kappa shape index (κ1) is 10.2. The van der Waals surface area contributed by atoms with Crippen LogP contribution < -0.4 is 10.2 Å². The number of aromatic nitrogens is 2. The summed E-state index contributed by atoms with van der Waals surface area (Å²) < 4.78 is 1.83. The molecule has 0 saturated heterocycles. The molecule has 0 atom stereocenters. The summed E-state index contributed by atoms with van der Waals surface area (Å²) in [5.74, 6) is 0. The maximum atomic E-state index is 4.21. The fourth-order valence-electron chi connectivity index (χ4n) is 2.23. The highest BCUT2D eigenvalue weighted by Gasteiger charge is 2.13. The fraction of sp³-hybridized carbons (Fsp3) is 0.308. The van der Waals surface area contributed by atoms with E-state index in [1.165, 1.54) is 16.9 Å². The molecule has 4 nitrogen and oxygen atoms in total. The molecule has 0 fully saturated rings. The van der Waals surface area contributed by atoms with Gasteiger partial charge in [0.2, 0.25) is 0 Å². The van der Waals surface area contributed by atoms with Gasteiger partial charge in [0.05, 0.1) is 17.6 Å². The zero-order valence-corrected chi connectivity index (χ0v) is 10.1. The summed E-state index contributed by atoms with van der Waals surface area (Å²) in [5, 5.41) is 7.63. The molecular formula is C13H16N4. The van der Waals surface area contributed by atoms with Gasteiger partial charge in [-0.05, 0) is 17.7 Å². The van der Waals surface area contributed by atoms with Crippen LogP contribution in [0.25, 0.3) is 11.1 Å². The van der Waals surface area contributed by atoms with Gasteiger partial charge in [-0.15, -0.1) is 0 Å². The Kier molecular flexibility index (Phi) is 2.28. The number of aryl methyl sites for hydroxylation is 1. The van der Waals surface area contributed by atoms with Crippen molar-refractivity contribution in [3.8, 4) is 11.1 Å².